The van der Waals surface area contributed by atoms with E-state index < -0.39 is 6.17 Å². The summed E-state index contributed by atoms with van der Waals surface area (Å²) >= 11 is 1.75. The van der Waals surface area contributed by atoms with Gasteiger partial charge < -0.3 is 11.1 Å². The summed E-state index contributed by atoms with van der Waals surface area (Å²) in [5.74, 6) is 0.497. The lowest BCUT2D eigenvalue weighted by Gasteiger charge is -2.11. The third-order valence-corrected chi connectivity index (χ3v) is 8.33. The first-order valence-electron chi connectivity index (χ1n) is 14.9. The van der Waals surface area contributed by atoms with Crippen LogP contribution in [-0.4, -0.2) is 12.1 Å². The fraction of sp³-hybridized carbons (Fsp3) is 0.0250. The summed E-state index contributed by atoms with van der Waals surface area (Å²) < 4.78 is 1.28. The van der Waals surface area contributed by atoms with Crippen LogP contribution in [-0.2, 0) is 0 Å². The highest BCUT2D eigenvalue weighted by Crippen LogP contribution is 2.28. The van der Waals surface area contributed by atoms with E-state index in [9.17, 15) is 5.26 Å². The largest absolute Gasteiger partial charge is 0.361 e. The summed E-state index contributed by atoms with van der Waals surface area (Å²) in [5.41, 5.74) is 13.8. The van der Waals surface area contributed by atoms with Gasteiger partial charge >= 0.3 is 0 Å². The Balaban J connectivity index is 1.27. The molecule has 0 saturated heterocycles. The molecule has 5 nitrogen and oxygen atoms in total. The van der Waals surface area contributed by atoms with E-state index in [0.29, 0.717) is 11.4 Å². The second-order valence-corrected chi connectivity index (χ2v) is 11.4. The van der Waals surface area contributed by atoms with Gasteiger partial charge in [-0.05, 0) is 81.1 Å². The summed E-state index contributed by atoms with van der Waals surface area (Å²) in [6, 6.07) is 46.0. The van der Waals surface area contributed by atoms with Gasteiger partial charge in [0, 0.05) is 28.4 Å². The average Bonchev–Trinajstić information content (AvgIpc) is 3.54. The standard InChI is InChI=1S/C40H31N5S/c41-25-30-12-9-15-33(24-30)39(42)45-40(44-26-29-10-3-1-4-11-29)32-20-22-36(23-21-32)43-27-34(31-13-5-2-6-14-31)18-19-35-28-46-38-17-8-7-16-37(35)38/h1-24,26-28,39,43H,42H2/b19-18-,34-27-,44-26+,45-40-. The van der Waals surface area contributed by atoms with Crippen molar-refractivity contribution in [2.45, 2.75) is 6.17 Å². The van der Waals surface area contributed by atoms with Crippen molar-refractivity contribution in [1.82, 2.24) is 0 Å². The smallest absolute Gasteiger partial charge is 0.156 e. The van der Waals surface area contributed by atoms with Crippen molar-refractivity contribution >= 4 is 50.8 Å². The predicted molar refractivity (Wildman–Crippen MR) is 194 cm³/mol. The molecule has 0 spiro atoms. The molecule has 0 fully saturated rings. The van der Waals surface area contributed by atoms with Gasteiger partial charge in [-0.1, -0.05) is 103 Å². The molecule has 46 heavy (non-hydrogen) atoms. The second kappa shape index (κ2) is 14.7. The molecule has 0 aliphatic heterocycles. The van der Waals surface area contributed by atoms with Crippen molar-refractivity contribution in [2.75, 3.05) is 5.32 Å². The normalized spacial score (nSPS) is 12.9. The minimum absolute atomic E-state index is 0.497. The Morgan fingerprint density at radius 2 is 1.54 bits per heavy atom. The van der Waals surface area contributed by atoms with Crippen molar-refractivity contribution in [3.05, 3.63) is 184 Å². The van der Waals surface area contributed by atoms with E-state index in [4.69, 9.17) is 15.7 Å². The van der Waals surface area contributed by atoms with E-state index >= 15 is 0 Å². The molecule has 1 unspecified atom stereocenters. The monoisotopic (exact) mass is 613 g/mol. The van der Waals surface area contributed by atoms with Crippen LogP contribution < -0.4 is 11.1 Å². The summed E-state index contributed by atoms with van der Waals surface area (Å²) in [5, 5.41) is 16.3. The summed E-state index contributed by atoms with van der Waals surface area (Å²) in [4.78, 5) is 9.49. The first-order valence-corrected chi connectivity index (χ1v) is 15.7. The lowest BCUT2D eigenvalue weighted by atomic mass is 10.0. The van der Waals surface area contributed by atoms with Crippen molar-refractivity contribution in [2.24, 2.45) is 15.7 Å². The Hall–Kier alpha value is -5.87. The third-order valence-electron chi connectivity index (χ3n) is 7.35. The zero-order valence-electron chi connectivity index (χ0n) is 25.0. The lowest BCUT2D eigenvalue weighted by molar-refractivity contribution is 0.774. The van der Waals surface area contributed by atoms with Gasteiger partial charge in [0.15, 0.2) is 5.84 Å². The number of allylic oxidation sites excluding steroid dienone is 2. The summed E-state index contributed by atoms with van der Waals surface area (Å²) in [6.45, 7) is 0. The molecule has 6 aromatic rings. The fourth-order valence-electron chi connectivity index (χ4n) is 4.90. The van der Waals surface area contributed by atoms with Crippen LogP contribution in [0.4, 0.5) is 5.69 Å². The van der Waals surface area contributed by atoms with Gasteiger partial charge in [-0.3, -0.25) is 0 Å². The molecule has 0 bridgehead atoms. The van der Waals surface area contributed by atoms with Crippen LogP contribution in [0.3, 0.4) is 0 Å². The Morgan fingerprint density at radius 1 is 0.804 bits per heavy atom. The first-order chi connectivity index (χ1) is 22.7. The molecule has 1 aromatic heterocycles. The number of hydrogen-bond donors (Lipinski definition) is 2. The fourth-order valence-corrected chi connectivity index (χ4v) is 5.83. The molecule has 222 valence electrons. The van der Waals surface area contributed by atoms with Crippen LogP contribution in [0.1, 0.15) is 39.5 Å². The molecule has 5 aromatic carbocycles. The van der Waals surface area contributed by atoms with Crippen LogP contribution in [0.15, 0.2) is 161 Å². The quantitative estimate of drug-likeness (QED) is 0.0967. The van der Waals surface area contributed by atoms with E-state index in [-0.39, 0.29) is 0 Å². The van der Waals surface area contributed by atoms with Gasteiger partial charge in [0.1, 0.15) is 6.17 Å². The van der Waals surface area contributed by atoms with Gasteiger partial charge in [-0.25, -0.2) is 9.98 Å². The maximum atomic E-state index is 9.33. The maximum Gasteiger partial charge on any atom is 0.156 e. The van der Waals surface area contributed by atoms with Crippen LogP contribution in [0.25, 0.3) is 21.7 Å². The number of amidine groups is 1. The highest BCUT2D eigenvalue weighted by Gasteiger charge is 2.10. The van der Waals surface area contributed by atoms with Crippen molar-refractivity contribution in [3.8, 4) is 6.07 Å². The lowest BCUT2D eigenvalue weighted by Crippen LogP contribution is -2.11. The molecule has 0 saturated carbocycles. The number of nitrogens with two attached hydrogens (primary N) is 1. The molecule has 0 radical (unpaired) electrons. The van der Waals surface area contributed by atoms with Crippen LogP contribution in [0.2, 0.25) is 0 Å². The van der Waals surface area contributed by atoms with Crippen LogP contribution in [0.5, 0.6) is 0 Å². The molecular weight excluding hydrogens is 583 g/mol. The third kappa shape index (κ3) is 7.61. The van der Waals surface area contributed by atoms with Crippen molar-refractivity contribution < 1.29 is 0 Å². The molecule has 1 atom stereocenters. The maximum absolute atomic E-state index is 9.33. The molecule has 1 heterocycles. The average molecular weight is 614 g/mol. The Morgan fingerprint density at radius 3 is 2.33 bits per heavy atom. The van der Waals surface area contributed by atoms with E-state index in [1.54, 1.807) is 29.7 Å². The number of nitrogens with zero attached hydrogens (tertiary/aromatic N) is 3. The zero-order chi connectivity index (χ0) is 31.6. The van der Waals surface area contributed by atoms with Gasteiger partial charge in [0.25, 0.3) is 0 Å². The van der Waals surface area contributed by atoms with E-state index in [0.717, 1.165) is 33.5 Å². The Labute approximate surface area is 273 Å². The number of hydrogen-bond acceptors (Lipinski definition) is 5. The number of thiophene rings is 1. The van der Waals surface area contributed by atoms with Crippen LogP contribution >= 0.6 is 11.3 Å². The number of nitrogens with one attached hydrogen (secondary N) is 1. The summed E-state index contributed by atoms with van der Waals surface area (Å²) in [7, 11) is 0. The number of fused-ring (bicyclic) bond motifs is 1. The van der Waals surface area contributed by atoms with Crippen LogP contribution in [0, 0.1) is 11.3 Å². The zero-order valence-corrected chi connectivity index (χ0v) is 25.8. The number of benzene rings is 5. The number of nitriles is 1. The van der Waals surface area contributed by atoms with E-state index in [1.807, 2.05) is 91.1 Å². The molecule has 6 rings (SSSR count). The molecule has 0 aliphatic rings. The molecule has 6 heteroatoms. The Kier molecular flexibility index (Phi) is 9.67. The SMILES string of the molecule is N#Cc1cccc(C(N)/N=C(\N=C\c2ccccc2)c2ccc(N/C=C(/C=C\c3csc4ccccc34)c3ccccc3)cc2)c1. The highest BCUT2D eigenvalue weighted by molar-refractivity contribution is 7.17. The second-order valence-electron chi connectivity index (χ2n) is 10.5. The molecular formula is C40H31N5S. The van der Waals surface area contributed by atoms with Crippen molar-refractivity contribution in [1.29, 1.82) is 5.26 Å². The van der Waals surface area contributed by atoms with E-state index in [2.05, 4.69) is 65.3 Å². The molecule has 3 N–H and O–H groups in total. The summed E-state index contributed by atoms with van der Waals surface area (Å²) in [6.07, 6.45) is 7.44. The number of anilines is 1. The molecule has 0 amide bonds. The molecule has 0 aliphatic carbocycles. The van der Waals surface area contributed by atoms with E-state index in [1.165, 1.54) is 15.6 Å². The number of aliphatic imine (C=N–C) groups is 2. The highest BCUT2D eigenvalue weighted by atomic mass is 32.1. The van der Waals surface area contributed by atoms with Crippen molar-refractivity contribution in [3.63, 3.8) is 0 Å². The van der Waals surface area contributed by atoms with Gasteiger partial charge in [-0.15, -0.1) is 11.3 Å². The minimum atomic E-state index is -0.683. The van der Waals surface area contributed by atoms with Gasteiger partial charge in [0.05, 0.1) is 11.6 Å². The van der Waals surface area contributed by atoms with Gasteiger partial charge in [0.2, 0.25) is 0 Å². The first kappa shape index (κ1) is 30.2. The number of rotatable bonds is 9. The van der Waals surface area contributed by atoms with Gasteiger partial charge in [-0.2, -0.15) is 5.26 Å². The predicted octanol–water partition coefficient (Wildman–Crippen LogP) is 9.46. The minimum Gasteiger partial charge on any atom is -0.361 e. The topological polar surface area (TPSA) is 86.6 Å². The Bertz CT molecular complexity index is 2080.